The molecule has 0 aliphatic carbocycles. The summed E-state index contributed by atoms with van der Waals surface area (Å²) in [6.07, 6.45) is 0. The number of methoxy groups -OCH3 is 1. The Bertz CT molecular complexity index is 566. The zero-order valence-electron chi connectivity index (χ0n) is 11.8. The van der Waals surface area contributed by atoms with Gasteiger partial charge in [-0.1, -0.05) is 43.3 Å². The van der Waals surface area contributed by atoms with E-state index in [-0.39, 0.29) is 11.8 Å². The molecule has 20 heavy (non-hydrogen) atoms. The van der Waals surface area contributed by atoms with Crippen molar-refractivity contribution in [2.45, 2.75) is 12.8 Å². The molecule has 2 rings (SSSR count). The highest BCUT2D eigenvalue weighted by Gasteiger charge is 2.09. The van der Waals surface area contributed by atoms with Gasteiger partial charge in [0.25, 0.3) is 5.91 Å². The molecule has 0 saturated carbocycles. The third-order valence-corrected chi connectivity index (χ3v) is 3.27. The third kappa shape index (κ3) is 3.60. The molecule has 0 aliphatic rings. The first-order valence-electron chi connectivity index (χ1n) is 6.68. The van der Waals surface area contributed by atoms with Crippen LogP contribution < -0.4 is 10.1 Å². The van der Waals surface area contributed by atoms with E-state index in [9.17, 15) is 4.79 Å². The lowest BCUT2D eigenvalue weighted by Crippen LogP contribution is -2.27. The summed E-state index contributed by atoms with van der Waals surface area (Å²) in [5, 5.41) is 2.95. The summed E-state index contributed by atoms with van der Waals surface area (Å²) in [7, 11) is 1.59. The molecule has 0 saturated heterocycles. The maximum Gasteiger partial charge on any atom is 0.251 e. The first-order chi connectivity index (χ1) is 9.70. The van der Waals surface area contributed by atoms with E-state index >= 15 is 0 Å². The monoisotopic (exact) mass is 269 g/mol. The third-order valence-electron chi connectivity index (χ3n) is 3.27. The van der Waals surface area contributed by atoms with Crippen molar-refractivity contribution in [3.05, 3.63) is 65.7 Å². The highest BCUT2D eigenvalue weighted by Crippen LogP contribution is 2.15. The van der Waals surface area contributed by atoms with Crippen LogP contribution in [0.1, 0.15) is 28.8 Å². The lowest BCUT2D eigenvalue weighted by molar-refractivity contribution is 0.0951. The molecule has 3 heteroatoms. The molecule has 0 aliphatic heterocycles. The van der Waals surface area contributed by atoms with Gasteiger partial charge in [-0.05, 0) is 29.7 Å². The first kappa shape index (κ1) is 14.1. The van der Waals surface area contributed by atoms with Crippen LogP contribution in [-0.4, -0.2) is 19.6 Å². The summed E-state index contributed by atoms with van der Waals surface area (Å²) in [6, 6.07) is 17.3. The van der Waals surface area contributed by atoms with Crippen LogP contribution in [0.3, 0.4) is 0 Å². The number of nitrogens with one attached hydrogen (secondary N) is 1. The van der Waals surface area contributed by atoms with Gasteiger partial charge in [-0.2, -0.15) is 0 Å². The number of hydrogen-bond donors (Lipinski definition) is 1. The predicted octanol–water partition coefficient (Wildman–Crippen LogP) is 3.23. The average molecular weight is 269 g/mol. The fraction of sp³-hybridized carbons (Fsp3) is 0.235. The molecule has 3 nitrogen and oxygen atoms in total. The number of carbonyl (C=O) groups excluding carboxylic acids is 1. The standard InChI is InChI=1S/C17H19NO2/c1-13(14-7-4-3-5-8-14)12-18-17(19)15-9-6-10-16(11-15)20-2/h3-11,13H,12H2,1-2H3,(H,18,19)/t13-/m1/s1. The van der Waals surface area contributed by atoms with Crippen molar-refractivity contribution in [1.82, 2.24) is 5.32 Å². The van der Waals surface area contributed by atoms with Crippen molar-refractivity contribution in [3.63, 3.8) is 0 Å². The fourth-order valence-corrected chi connectivity index (χ4v) is 2.01. The van der Waals surface area contributed by atoms with E-state index in [1.165, 1.54) is 5.56 Å². The van der Waals surface area contributed by atoms with E-state index in [2.05, 4.69) is 24.4 Å². The Balaban J connectivity index is 1.95. The summed E-state index contributed by atoms with van der Waals surface area (Å²) in [6.45, 7) is 2.71. The van der Waals surface area contributed by atoms with Gasteiger partial charge >= 0.3 is 0 Å². The number of amides is 1. The molecule has 0 radical (unpaired) electrons. The largest absolute Gasteiger partial charge is 0.497 e. The summed E-state index contributed by atoms with van der Waals surface area (Å²) in [4.78, 5) is 12.1. The van der Waals surface area contributed by atoms with Gasteiger partial charge in [0.05, 0.1) is 7.11 Å². The molecule has 1 N–H and O–H groups in total. The van der Waals surface area contributed by atoms with Crippen molar-refractivity contribution in [3.8, 4) is 5.75 Å². The molecule has 2 aromatic rings. The molecule has 2 aromatic carbocycles. The number of rotatable bonds is 5. The number of ether oxygens (including phenoxy) is 1. The first-order valence-corrected chi connectivity index (χ1v) is 6.68. The Labute approximate surface area is 119 Å². The Hall–Kier alpha value is -2.29. The zero-order valence-corrected chi connectivity index (χ0v) is 11.8. The Morgan fingerprint density at radius 2 is 1.90 bits per heavy atom. The minimum atomic E-state index is -0.0771. The highest BCUT2D eigenvalue weighted by atomic mass is 16.5. The molecule has 0 spiro atoms. The summed E-state index contributed by atoms with van der Waals surface area (Å²) in [5.74, 6) is 0.895. The maximum absolute atomic E-state index is 12.1. The van der Waals surface area contributed by atoms with Crippen molar-refractivity contribution in [2.24, 2.45) is 0 Å². The van der Waals surface area contributed by atoms with Crippen LogP contribution in [0.5, 0.6) is 5.75 Å². The van der Waals surface area contributed by atoms with Crippen molar-refractivity contribution < 1.29 is 9.53 Å². The Morgan fingerprint density at radius 1 is 1.15 bits per heavy atom. The molecule has 1 atom stereocenters. The predicted molar refractivity (Wildman–Crippen MR) is 80.2 cm³/mol. The molecular formula is C17H19NO2. The van der Waals surface area contributed by atoms with Crippen LogP contribution in [-0.2, 0) is 0 Å². The maximum atomic E-state index is 12.1. The van der Waals surface area contributed by atoms with Crippen LogP contribution in [0.2, 0.25) is 0 Å². The Morgan fingerprint density at radius 3 is 2.60 bits per heavy atom. The minimum Gasteiger partial charge on any atom is -0.497 e. The van der Waals surface area contributed by atoms with Crippen LogP contribution in [0.25, 0.3) is 0 Å². The molecule has 0 fully saturated rings. The van der Waals surface area contributed by atoms with Crippen LogP contribution >= 0.6 is 0 Å². The van der Waals surface area contributed by atoms with Gasteiger partial charge in [0.15, 0.2) is 0 Å². The van der Waals surface area contributed by atoms with Gasteiger partial charge < -0.3 is 10.1 Å². The van der Waals surface area contributed by atoms with Crippen LogP contribution in [0.4, 0.5) is 0 Å². The molecule has 104 valence electrons. The highest BCUT2D eigenvalue weighted by molar-refractivity contribution is 5.94. The Kier molecular flexibility index (Phi) is 4.77. The van der Waals surface area contributed by atoms with Crippen LogP contribution in [0.15, 0.2) is 54.6 Å². The normalized spacial score (nSPS) is 11.7. The van der Waals surface area contributed by atoms with Gasteiger partial charge in [-0.3, -0.25) is 4.79 Å². The molecule has 0 heterocycles. The lowest BCUT2D eigenvalue weighted by atomic mass is 10.0. The van der Waals surface area contributed by atoms with Gasteiger partial charge in [-0.15, -0.1) is 0 Å². The van der Waals surface area contributed by atoms with Crippen molar-refractivity contribution in [1.29, 1.82) is 0 Å². The van der Waals surface area contributed by atoms with E-state index < -0.39 is 0 Å². The second-order valence-electron chi connectivity index (χ2n) is 4.75. The van der Waals surface area contributed by atoms with E-state index in [0.717, 1.165) is 0 Å². The quantitative estimate of drug-likeness (QED) is 0.905. The van der Waals surface area contributed by atoms with Crippen molar-refractivity contribution >= 4 is 5.91 Å². The van der Waals surface area contributed by atoms with Crippen molar-refractivity contribution in [2.75, 3.05) is 13.7 Å². The van der Waals surface area contributed by atoms with Crippen LogP contribution in [0, 0.1) is 0 Å². The summed E-state index contributed by atoms with van der Waals surface area (Å²) >= 11 is 0. The van der Waals surface area contributed by atoms with Gasteiger partial charge in [0.1, 0.15) is 5.75 Å². The summed E-state index contributed by atoms with van der Waals surface area (Å²) in [5.41, 5.74) is 1.84. The average Bonchev–Trinajstić information content (AvgIpc) is 2.53. The van der Waals surface area contributed by atoms with E-state index in [0.29, 0.717) is 17.9 Å². The topological polar surface area (TPSA) is 38.3 Å². The number of benzene rings is 2. The molecule has 0 bridgehead atoms. The minimum absolute atomic E-state index is 0.0771. The van der Waals surface area contributed by atoms with E-state index in [4.69, 9.17) is 4.74 Å². The zero-order chi connectivity index (χ0) is 14.4. The fourth-order valence-electron chi connectivity index (χ4n) is 2.01. The molecule has 0 aromatic heterocycles. The molecule has 0 unspecified atom stereocenters. The number of carbonyl (C=O) groups is 1. The second-order valence-corrected chi connectivity index (χ2v) is 4.75. The van der Waals surface area contributed by atoms with E-state index in [1.54, 1.807) is 19.2 Å². The van der Waals surface area contributed by atoms with Gasteiger partial charge in [0, 0.05) is 12.1 Å². The smallest absolute Gasteiger partial charge is 0.251 e. The molecular weight excluding hydrogens is 250 g/mol. The SMILES string of the molecule is COc1cccc(C(=O)NC[C@@H](C)c2ccccc2)c1. The summed E-state index contributed by atoms with van der Waals surface area (Å²) < 4.78 is 5.12. The lowest BCUT2D eigenvalue weighted by Gasteiger charge is -2.13. The van der Waals surface area contributed by atoms with E-state index in [1.807, 2.05) is 30.3 Å². The molecule has 1 amide bonds. The second kappa shape index (κ2) is 6.75. The van der Waals surface area contributed by atoms with Gasteiger partial charge in [0.2, 0.25) is 0 Å². The van der Waals surface area contributed by atoms with Gasteiger partial charge in [-0.25, -0.2) is 0 Å². The number of hydrogen-bond acceptors (Lipinski definition) is 2.